The van der Waals surface area contributed by atoms with Crippen LogP contribution in [0.2, 0.25) is 0 Å². The number of hydrogen-bond acceptors (Lipinski definition) is 2. The molecule has 0 saturated heterocycles. The van der Waals surface area contributed by atoms with Crippen LogP contribution in [-0.2, 0) is 0 Å². The van der Waals surface area contributed by atoms with Crippen LogP contribution < -0.4 is 15.8 Å². The van der Waals surface area contributed by atoms with Crippen molar-refractivity contribution in [2.75, 3.05) is 5.32 Å². The van der Waals surface area contributed by atoms with E-state index in [2.05, 4.69) is 24.2 Å². The first-order valence-electron chi connectivity index (χ1n) is 6.74. The summed E-state index contributed by atoms with van der Waals surface area (Å²) in [4.78, 5) is 4.46. The van der Waals surface area contributed by atoms with Crippen molar-refractivity contribution < 1.29 is 4.74 Å². The first-order valence-corrected chi connectivity index (χ1v) is 6.74. The van der Waals surface area contributed by atoms with Crippen LogP contribution in [0.1, 0.15) is 34.1 Å². The highest BCUT2D eigenvalue weighted by Crippen LogP contribution is 2.47. The lowest BCUT2D eigenvalue weighted by atomic mass is 10.2. The largest absolute Gasteiger partial charge is 0.491 e. The van der Waals surface area contributed by atoms with Gasteiger partial charge in [0.1, 0.15) is 5.75 Å². The summed E-state index contributed by atoms with van der Waals surface area (Å²) in [5, 5.41) is 3.10. The van der Waals surface area contributed by atoms with Crippen molar-refractivity contribution in [3.8, 4) is 5.75 Å². The molecule has 4 heteroatoms. The summed E-state index contributed by atoms with van der Waals surface area (Å²) in [5.74, 6) is 1.34. The van der Waals surface area contributed by atoms with E-state index in [-0.39, 0.29) is 6.10 Å². The Labute approximate surface area is 115 Å². The molecule has 4 nitrogen and oxygen atoms in total. The number of nitrogens with zero attached hydrogens (tertiary/aromatic N) is 1. The number of benzene rings is 1. The lowest BCUT2D eigenvalue weighted by Crippen LogP contribution is -2.23. The Morgan fingerprint density at radius 1 is 1.37 bits per heavy atom. The molecule has 0 amide bonds. The number of ether oxygens (including phenoxy) is 1. The minimum atomic E-state index is 0.183. The maximum Gasteiger partial charge on any atom is 0.193 e. The zero-order chi connectivity index (χ0) is 14.0. The zero-order valence-corrected chi connectivity index (χ0v) is 12.1. The smallest absolute Gasteiger partial charge is 0.193 e. The summed E-state index contributed by atoms with van der Waals surface area (Å²) in [6.45, 7) is 8.42. The van der Waals surface area contributed by atoms with E-state index in [1.165, 1.54) is 0 Å². The molecule has 1 aliphatic rings. The maximum atomic E-state index is 5.89. The fourth-order valence-electron chi connectivity index (χ4n) is 1.90. The molecule has 19 heavy (non-hydrogen) atoms. The van der Waals surface area contributed by atoms with Crippen molar-refractivity contribution in [1.29, 1.82) is 0 Å². The Hall–Kier alpha value is -1.71. The fourth-order valence-corrected chi connectivity index (χ4v) is 1.90. The predicted octanol–water partition coefficient (Wildman–Crippen LogP) is 3.00. The van der Waals surface area contributed by atoms with E-state index in [0.29, 0.717) is 17.4 Å². The Bertz CT molecular complexity index is 463. The van der Waals surface area contributed by atoms with Crippen molar-refractivity contribution in [3.05, 3.63) is 24.3 Å². The number of nitrogens with one attached hydrogen (secondary N) is 1. The SMILES string of the molecule is CC(C)Oc1ccc(NC(N)=N[C@H]2CC2(C)C)cc1. The van der Waals surface area contributed by atoms with E-state index in [0.717, 1.165) is 17.9 Å². The lowest BCUT2D eigenvalue weighted by Gasteiger charge is -2.11. The Morgan fingerprint density at radius 3 is 2.42 bits per heavy atom. The Morgan fingerprint density at radius 2 is 1.95 bits per heavy atom. The molecule has 2 rings (SSSR count). The Balaban J connectivity index is 1.92. The second-order valence-corrected chi connectivity index (χ2v) is 6.04. The molecule has 0 unspecified atom stereocenters. The summed E-state index contributed by atoms with van der Waals surface area (Å²) in [7, 11) is 0. The van der Waals surface area contributed by atoms with Gasteiger partial charge in [0.2, 0.25) is 0 Å². The molecule has 0 aromatic heterocycles. The molecule has 104 valence electrons. The van der Waals surface area contributed by atoms with E-state index < -0.39 is 0 Å². The summed E-state index contributed by atoms with van der Waals surface area (Å²) in [6.07, 6.45) is 1.29. The van der Waals surface area contributed by atoms with E-state index in [9.17, 15) is 0 Å². The minimum absolute atomic E-state index is 0.183. The van der Waals surface area contributed by atoms with Crippen LogP contribution >= 0.6 is 0 Å². The molecule has 3 N–H and O–H groups in total. The predicted molar refractivity (Wildman–Crippen MR) is 79.6 cm³/mol. The van der Waals surface area contributed by atoms with Crippen LogP contribution in [-0.4, -0.2) is 18.1 Å². The van der Waals surface area contributed by atoms with Crippen LogP contribution in [0.5, 0.6) is 5.75 Å². The van der Waals surface area contributed by atoms with Crippen molar-refractivity contribution in [2.45, 2.75) is 46.3 Å². The molecule has 1 aliphatic carbocycles. The molecule has 1 saturated carbocycles. The molecular weight excluding hydrogens is 238 g/mol. The van der Waals surface area contributed by atoms with Crippen LogP contribution in [0, 0.1) is 5.41 Å². The molecule has 1 aromatic carbocycles. The summed E-state index contributed by atoms with van der Waals surface area (Å²) < 4.78 is 5.59. The quantitative estimate of drug-likeness (QED) is 0.647. The lowest BCUT2D eigenvalue weighted by molar-refractivity contribution is 0.242. The molecule has 0 aliphatic heterocycles. The second-order valence-electron chi connectivity index (χ2n) is 6.04. The van der Waals surface area contributed by atoms with Gasteiger partial charge in [-0.25, -0.2) is 4.99 Å². The van der Waals surface area contributed by atoms with Gasteiger partial charge < -0.3 is 15.8 Å². The summed E-state index contributed by atoms with van der Waals surface area (Å²) >= 11 is 0. The van der Waals surface area contributed by atoms with E-state index >= 15 is 0 Å². The van der Waals surface area contributed by atoms with Gasteiger partial charge in [0, 0.05) is 5.69 Å². The van der Waals surface area contributed by atoms with Gasteiger partial charge in [-0.2, -0.15) is 0 Å². The molecule has 1 fully saturated rings. The van der Waals surface area contributed by atoms with Crippen LogP contribution in [0.4, 0.5) is 5.69 Å². The first-order chi connectivity index (χ1) is 8.87. The van der Waals surface area contributed by atoms with Crippen molar-refractivity contribution in [3.63, 3.8) is 0 Å². The third-order valence-corrected chi connectivity index (χ3v) is 3.25. The average Bonchev–Trinajstić information content (AvgIpc) is 2.88. The normalized spacial score (nSPS) is 21.3. The topological polar surface area (TPSA) is 59.6 Å². The van der Waals surface area contributed by atoms with Gasteiger partial charge in [0.05, 0.1) is 12.1 Å². The second kappa shape index (κ2) is 5.11. The van der Waals surface area contributed by atoms with Crippen molar-refractivity contribution in [1.82, 2.24) is 0 Å². The number of rotatable bonds is 4. The Kier molecular flexibility index (Phi) is 3.69. The van der Waals surface area contributed by atoms with E-state index in [4.69, 9.17) is 10.5 Å². The number of nitrogens with two attached hydrogens (primary N) is 1. The van der Waals surface area contributed by atoms with Gasteiger partial charge in [-0.05, 0) is 49.9 Å². The molecule has 0 bridgehead atoms. The highest BCUT2D eigenvalue weighted by Gasteiger charge is 2.45. The number of guanidine groups is 1. The van der Waals surface area contributed by atoms with Crippen LogP contribution in [0.3, 0.4) is 0 Å². The summed E-state index contributed by atoms with van der Waals surface area (Å²) in [5.41, 5.74) is 7.13. The standard InChI is InChI=1S/C15H23N3O/c1-10(2)19-12-7-5-11(6-8-12)17-14(16)18-13-9-15(13,3)4/h5-8,10,13H,9H2,1-4H3,(H3,16,17,18)/t13-/m0/s1. The highest BCUT2D eigenvalue weighted by molar-refractivity contribution is 5.92. The van der Waals surface area contributed by atoms with Gasteiger partial charge in [0.25, 0.3) is 0 Å². The van der Waals surface area contributed by atoms with Gasteiger partial charge in [-0.15, -0.1) is 0 Å². The number of aliphatic imine (C=N–C) groups is 1. The highest BCUT2D eigenvalue weighted by atomic mass is 16.5. The van der Waals surface area contributed by atoms with Crippen molar-refractivity contribution >= 4 is 11.6 Å². The molecule has 1 atom stereocenters. The van der Waals surface area contributed by atoms with E-state index in [1.807, 2.05) is 38.1 Å². The first kappa shape index (κ1) is 13.7. The van der Waals surface area contributed by atoms with Crippen molar-refractivity contribution in [2.24, 2.45) is 16.1 Å². The molecule has 0 spiro atoms. The monoisotopic (exact) mass is 261 g/mol. The minimum Gasteiger partial charge on any atom is -0.491 e. The molecule has 0 heterocycles. The fraction of sp³-hybridized carbons (Fsp3) is 0.533. The average molecular weight is 261 g/mol. The molecular formula is C15H23N3O. The molecule has 0 radical (unpaired) electrons. The van der Waals surface area contributed by atoms with E-state index in [1.54, 1.807) is 0 Å². The third kappa shape index (κ3) is 3.88. The van der Waals surface area contributed by atoms with Gasteiger partial charge in [-0.1, -0.05) is 13.8 Å². The molecule has 1 aromatic rings. The van der Waals surface area contributed by atoms with Gasteiger partial charge >= 0.3 is 0 Å². The van der Waals surface area contributed by atoms with Crippen LogP contribution in [0.15, 0.2) is 29.3 Å². The maximum absolute atomic E-state index is 5.89. The third-order valence-electron chi connectivity index (χ3n) is 3.25. The summed E-state index contributed by atoms with van der Waals surface area (Å²) in [6, 6.07) is 8.09. The zero-order valence-electron chi connectivity index (χ0n) is 12.1. The number of anilines is 1. The van der Waals surface area contributed by atoms with Crippen LogP contribution in [0.25, 0.3) is 0 Å². The van der Waals surface area contributed by atoms with Gasteiger partial charge in [-0.3, -0.25) is 0 Å². The number of hydrogen-bond donors (Lipinski definition) is 2. The van der Waals surface area contributed by atoms with Gasteiger partial charge in [0.15, 0.2) is 5.96 Å².